The zero-order chi connectivity index (χ0) is 14.7. The molecular weight excluding hydrogens is 254 g/mol. The third-order valence-corrected chi connectivity index (χ3v) is 5.46. The number of nitrogens with one attached hydrogen (secondary N) is 1. The summed E-state index contributed by atoms with van der Waals surface area (Å²) < 4.78 is 0. The van der Waals surface area contributed by atoms with Crippen LogP contribution in [0.2, 0.25) is 0 Å². The first-order valence-electron chi connectivity index (χ1n) is 9.04. The highest BCUT2D eigenvalue weighted by Crippen LogP contribution is 2.33. The van der Waals surface area contributed by atoms with E-state index < -0.39 is 0 Å². The van der Waals surface area contributed by atoms with E-state index in [2.05, 4.69) is 43.4 Å². The molecule has 2 atom stereocenters. The summed E-state index contributed by atoms with van der Waals surface area (Å²) in [6, 6.07) is 10.3. The summed E-state index contributed by atoms with van der Waals surface area (Å²) in [5.74, 6) is 2.45. The second kappa shape index (κ2) is 6.96. The fourth-order valence-electron chi connectivity index (χ4n) is 3.77. The molecule has 116 valence electrons. The number of hydrogen-bond donors (Lipinski definition) is 1. The lowest BCUT2D eigenvalue weighted by Gasteiger charge is -2.32. The first-order valence-corrected chi connectivity index (χ1v) is 9.04. The van der Waals surface area contributed by atoms with Gasteiger partial charge in [0.1, 0.15) is 0 Å². The van der Waals surface area contributed by atoms with Gasteiger partial charge in [0.2, 0.25) is 0 Å². The van der Waals surface area contributed by atoms with Gasteiger partial charge in [-0.2, -0.15) is 0 Å². The maximum absolute atomic E-state index is 3.77. The summed E-state index contributed by atoms with van der Waals surface area (Å²) in [4.78, 5) is 0. The molecule has 0 radical (unpaired) electrons. The minimum absolute atomic E-state index is 0.643. The molecule has 0 aliphatic heterocycles. The molecule has 2 aliphatic rings. The van der Waals surface area contributed by atoms with Crippen LogP contribution >= 0.6 is 0 Å². The molecule has 2 unspecified atom stereocenters. The van der Waals surface area contributed by atoms with Gasteiger partial charge in [-0.15, -0.1) is 0 Å². The van der Waals surface area contributed by atoms with Gasteiger partial charge in [0.05, 0.1) is 0 Å². The molecule has 1 heteroatoms. The predicted octanol–water partition coefficient (Wildman–Crippen LogP) is 4.91. The Morgan fingerprint density at radius 2 is 1.62 bits per heavy atom. The van der Waals surface area contributed by atoms with Crippen LogP contribution < -0.4 is 5.32 Å². The molecule has 3 rings (SSSR count). The minimum Gasteiger partial charge on any atom is -0.314 e. The van der Waals surface area contributed by atoms with Crippen molar-refractivity contribution in [3.05, 3.63) is 35.4 Å². The average Bonchev–Trinajstić information content (AvgIpc) is 3.31. The summed E-state index contributed by atoms with van der Waals surface area (Å²) in [5.41, 5.74) is 3.01. The molecule has 0 spiro atoms. The Balaban J connectivity index is 1.57. The lowest BCUT2D eigenvalue weighted by Crippen LogP contribution is -2.32. The molecule has 1 aromatic rings. The van der Waals surface area contributed by atoms with Crippen LogP contribution in [-0.2, 0) is 6.42 Å². The second-order valence-corrected chi connectivity index (χ2v) is 7.59. The van der Waals surface area contributed by atoms with E-state index in [0.29, 0.717) is 5.92 Å². The molecular formula is C20H31N. The Morgan fingerprint density at radius 1 is 0.952 bits per heavy atom. The summed E-state index contributed by atoms with van der Waals surface area (Å²) in [5, 5.41) is 3.77. The first kappa shape index (κ1) is 15.1. The summed E-state index contributed by atoms with van der Waals surface area (Å²) in [6.07, 6.45) is 9.86. The molecule has 2 fully saturated rings. The fraction of sp³-hybridized carbons (Fsp3) is 0.700. The molecule has 0 aromatic heterocycles. The zero-order valence-electron chi connectivity index (χ0n) is 13.8. The van der Waals surface area contributed by atoms with E-state index >= 15 is 0 Å². The van der Waals surface area contributed by atoms with E-state index in [4.69, 9.17) is 0 Å². The third kappa shape index (κ3) is 4.32. The van der Waals surface area contributed by atoms with E-state index in [9.17, 15) is 0 Å². The van der Waals surface area contributed by atoms with Crippen molar-refractivity contribution in [2.45, 2.75) is 70.8 Å². The van der Waals surface area contributed by atoms with Crippen molar-refractivity contribution in [3.8, 4) is 0 Å². The Morgan fingerprint density at radius 3 is 2.24 bits per heavy atom. The van der Waals surface area contributed by atoms with Crippen LogP contribution in [0.1, 0.15) is 69.4 Å². The van der Waals surface area contributed by atoms with Gasteiger partial charge in [-0.3, -0.25) is 0 Å². The molecule has 1 aromatic carbocycles. The van der Waals surface area contributed by atoms with Crippen LogP contribution in [0, 0.1) is 11.8 Å². The monoisotopic (exact) mass is 285 g/mol. The first-order chi connectivity index (χ1) is 10.2. The van der Waals surface area contributed by atoms with Gasteiger partial charge in [-0.25, -0.2) is 0 Å². The number of hydrogen-bond acceptors (Lipinski definition) is 1. The lowest BCUT2D eigenvalue weighted by atomic mass is 9.76. The van der Waals surface area contributed by atoms with E-state index in [1.165, 1.54) is 57.1 Å². The average molecular weight is 285 g/mol. The summed E-state index contributed by atoms with van der Waals surface area (Å²) in [7, 11) is 0. The Bertz CT molecular complexity index is 430. The number of benzene rings is 1. The second-order valence-electron chi connectivity index (χ2n) is 7.59. The number of rotatable bonds is 6. The van der Waals surface area contributed by atoms with Gasteiger partial charge in [-0.1, -0.05) is 51.0 Å². The smallest absolute Gasteiger partial charge is 0.00683 e. The molecule has 1 nitrogen and oxygen atoms in total. The normalized spacial score (nSPS) is 26.2. The lowest BCUT2D eigenvalue weighted by molar-refractivity contribution is 0.228. The van der Waals surface area contributed by atoms with E-state index in [1.54, 1.807) is 5.56 Å². The van der Waals surface area contributed by atoms with Crippen LogP contribution in [0.15, 0.2) is 24.3 Å². The Labute approximate surface area is 130 Å². The largest absolute Gasteiger partial charge is 0.314 e. The minimum atomic E-state index is 0.643. The molecule has 0 saturated heterocycles. The highest BCUT2D eigenvalue weighted by Gasteiger charge is 2.28. The SMILES string of the molecule is CC(C)c1ccc(CC2CCCCC2CNC2CC2)cc1. The molecule has 0 bridgehead atoms. The van der Waals surface area contributed by atoms with Crippen molar-refractivity contribution >= 4 is 0 Å². The van der Waals surface area contributed by atoms with Crippen molar-refractivity contribution in [3.63, 3.8) is 0 Å². The van der Waals surface area contributed by atoms with E-state index in [-0.39, 0.29) is 0 Å². The van der Waals surface area contributed by atoms with E-state index in [1.807, 2.05) is 0 Å². The van der Waals surface area contributed by atoms with Crippen LogP contribution in [0.4, 0.5) is 0 Å². The molecule has 21 heavy (non-hydrogen) atoms. The molecule has 0 heterocycles. The standard InChI is InChI=1S/C20H31N/c1-15(2)17-9-7-16(8-10-17)13-18-5-3-4-6-19(18)14-21-20-11-12-20/h7-10,15,18-21H,3-6,11-14H2,1-2H3. The van der Waals surface area contributed by atoms with Gasteiger partial charge in [-0.05, 0) is 67.5 Å². The maximum atomic E-state index is 3.77. The molecule has 1 N–H and O–H groups in total. The van der Waals surface area contributed by atoms with Gasteiger partial charge in [0.25, 0.3) is 0 Å². The van der Waals surface area contributed by atoms with Crippen molar-refractivity contribution in [2.24, 2.45) is 11.8 Å². The van der Waals surface area contributed by atoms with Gasteiger partial charge in [0, 0.05) is 6.04 Å². The molecule has 2 aliphatic carbocycles. The van der Waals surface area contributed by atoms with E-state index in [0.717, 1.165) is 17.9 Å². The van der Waals surface area contributed by atoms with Gasteiger partial charge < -0.3 is 5.32 Å². The predicted molar refractivity (Wildman–Crippen MR) is 90.7 cm³/mol. The van der Waals surface area contributed by atoms with Crippen molar-refractivity contribution in [1.29, 1.82) is 0 Å². The third-order valence-electron chi connectivity index (χ3n) is 5.46. The van der Waals surface area contributed by atoms with Gasteiger partial charge in [0.15, 0.2) is 0 Å². The summed E-state index contributed by atoms with van der Waals surface area (Å²) in [6.45, 7) is 5.81. The molecule has 2 saturated carbocycles. The van der Waals surface area contributed by atoms with Crippen LogP contribution in [-0.4, -0.2) is 12.6 Å². The fourth-order valence-corrected chi connectivity index (χ4v) is 3.77. The van der Waals surface area contributed by atoms with Crippen molar-refractivity contribution in [1.82, 2.24) is 5.32 Å². The van der Waals surface area contributed by atoms with Crippen LogP contribution in [0.25, 0.3) is 0 Å². The Hall–Kier alpha value is -0.820. The Kier molecular flexibility index (Phi) is 5.00. The highest BCUT2D eigenvalue weighted by molar-refractivity contribution is 5.25. The topological polar surface area (TPSA) is 12.0 Å². The quantitative estimate of drug-likeness (QED) is 0.783. The highest BCUT2D eigenvalue weighted by atomic mass is 14.9. The molecule has 0 amide bonds. The summed E-state index contributed by atoms with van der Waals surface area (Å²) >= 11 is 0. The van der Waals surface area contributed by atoms with Crippen molar-refractivity contribution < 1.29 is 0 Å². The maximum Gasteiger partial charge on any atom is 0.00683 e. The van der Waals surface area contributed by atoms with Crippen molar-refractivity contribution in [2.75, 3.05) is 6.54 Å². The van der Waals surface area contributed by atoms with Crippen LogP contribution in [0.5, 0.6) is 0 Å². The zero-order valence-corrected chi connectivity index (χ0v) is 13.8. The van der Waals surface area contributed by atoms with Gasteiger partial charge >= 0.3 is 0 Å². The van der Waals surface area contributed by atoms with Crippen LogP contribution in [0.3, 0.4) is 0 Å².